The lowest BCUT2D eigenvalue weighted by Gasteiger charge is -2.13. The van der Waals surface area contributed by atoms with Gasteiger partial charge in [0.05, 0.1) is 6.54 Å². The van der Waals surface area contributed by atoms with Crippen LogP contribution in [0.15, 0.2) is 29.6 Å². The molecule has 1 aromatic heterocycles. The molecule has 0 bridgehead atoms. The van der Waals surface area contributed by atoms with Crippen LogP contribution in [0.5, 0.6) is 0 Å². The largest absolute Gasteiger partial charge is 0.476 e. The molecule has 0 atom stereocenters. The molecule has 2 rings (SSSR count). The van der Waals surface area contributed by atoms with E-state index in [9.17, 15) is 9.59 Å². The number of carboxylic acids is 1. The number of aromatic carboxylic acids is 1. The zero-order valence-electron chi connectivity index (χ0n) is 11.7. The molecule has 0 radical (unpaired) electrons. The first-order chi connectivity index (χ1) is 9.97. The quantitative estimate of drug-likeness (QED) is 0.880. The van der Waals surface area contributed by atoms with Crippen LogP contribution in [-0.4, -0.2) is 36.1 Å². The molecule has 1 aromatic carbocycles. The monoisotopic (exact) mass is 305 g/mol. The van der Waals surface area contributed by atoms with Crippen molar-refractivity contribution in [1.29, 1.82) is 0 Å². The van der Waals surface area contributed by atoms with Gasteiger partial charge in [0.25, 0.3) is 5.91 Å². The number of anilines is 1. The molecule has 21 heavy (non-hydrogen) atoms. The first kappa shape index (κ1) is 15.0. The Bertz CT molecular complexity index is 667. The van der Waals surface area contributed by atoms with E-state index in [4.69, 9.17) is 5.11 Å². The second-order valence-electron chi connectivity index (χ2n) is 4.56. The summed E-state index contributed by atoms with van der Waals surface area (Å²) in [6.07, 6.45) is 0. The lowest BCUT2D eigenvalue weighted by Crippen LogP contribution is -2.23. The molecule has 2 N–H and O–H groups in total. The molecular formula is C14H15N3O3S. The number of thiazole rings is 1. The van der Waals surface area contributed by atoms with Crippen molar-refractivity contribution in [3.63, 3.8) is 0 Å². The van der Waals surface area contributed by atoms with Gasteiger partial charge in [0.2, 0.25) is 0 Å². The Morgan fingerprint density at radius 2 is 2.14 bits per heavy atom. The third kappa shape index (κ3) is 3.79. The van der Waals surface area contributed by atoms with Crippen LogP contribution in [0.25, 0.3) is 0 Å². The second-order valence-corrected chi connectivity index (χ2v) is 5.50. The molecule has 110 valence electrons. The molecule has 0 saturated heterocycles. The third-order valence-electron chi connectivity index (χ3n) is 2.80. The first-order valence-corrected chi connectivity index (χ1v) is 7.08. The number of hydrogen-bond donors (Lipinski definition) is 2. The van der Waals surface area contributed by atoms with Crippen LogP contribution in [0, 0.1) is 0 Å². The molecule has 1 heterocycles. The first-order valence-electron chi connectivity index (χ1n) is 6.20. The fourth-order valence-electron chi connectivity index (χ4n) is 1.67. The molecule has 1 amide bonds. The standard InChI is InChI=1S/C14H15N3O3S/c1-17(2)10-5-3-4-9(6-10)13(18)15-7-12-16-11(8-21-12)14(19)20/h3-6,8H,7H2,1-2H3,(H,15,18)(H,19,20). The SMILES string of the molecule is CN(C)c1cccc(C(=O)NCc2nc(C(=O)O)cs2)c1. The third-order valence-corrected chi connectivity index (χ3v) is 3.64. The lowest BCUT2D eigenvalue weighted by atomic mass is 10.2. The van der Waals surface area contributed by atoms with E-state index < -0.39 is 5.97 Å². The number of nitrogens with zero attached hydrogens (tertiary/aromatic N) is 2. The van der Waals surface area contributed by atoms with Gasteiger partial charge in [0.15, 0.2) is 5.69 Å². The predicted octanol–water partition coefficient (Wildman–Crippen LogP) is 1.84. The fraction of sp³-hybridized carbons (Fsp3) is 0.214. The van der Waals surface area contributed by atoms with Gasteiger partial charge >= 0.3 is 5.97 Å². The molecule has 7 heteroatoms. The van der Waals surface area contributed by atoms with Crippen molar-refractivity contribution in [3.8, 4) is 0 Å². The van der Waals surface area contributed by atoms with E-state index in [1.165, 1.54) is 16.7 Å². The number of amides is 1. The Labute approximate surface area is 126 Å². The summed E-state index contributed by atoms with van der Waals surface area (Å²) in [7, 11) is 3.81. The predicted molar refractivity (Wildman–Crippen MR) is 81.0 cm³/mol. The summed E-state index contributed by atoms with van der Waals surface area (Å²) in [6.45, 7) is 0.211. The van der Waals surface area contributed by atoms with Gasteiger partial charge in [-0.1, -0.05) is 6.07 Å². The molecule has 0 aliphatic rings. The summed E-state index contributed by atoms with van der Waals surface area (Å²) in [5.74, 6) is -1.28. The molecule has 6 nitrogen and oxygen atoms in total. The van der Waals surface area contributed by atoms with Crippen molar-refractivity contribution in [2.45, 2.75) is 6.54 Å². The molecule has 0 aliphatic carbocycles. The minimum Gasteiger partial charge on any atom is -0.476 e. The van der Waals surface area contributed by atoms with E-state index in [1.54, 1.807) is 12.1 Å². The maximum absolute atomic E-state index is 12.1. The molecule has 0 fully saturated rings. The summed E-state index contributed by atoms with van der Waals surface area (Å²) >= 11 is 1.21. The van der Waals surface area contributed by atoms with Crippen molar-refractivity contribution in [2.24, 2.45) is 0 Å². The molecule has 0 spiro atoms. The zero-order valence-corrected chi connectivity index (χ0v) is 12.5. The molecule has 0 unspecified atom stereocenters. The summed E-state index contributed by atoms with van der Waals surface area (Å²) in [4.78, 5) is 28.6. The number of carboxylic acid groups (broad SMARTS) is 1. The van der Waals surface area contributed by atoms with Gasteiger partial charge in [-0.25, -0.2) is 9.78 Å². The number of nitrogens with one attached hydrogen (secondary N) is 1. The van der Waals surface area contributed by atoms with E-state index >= 15 is 0 Å². The zero-order chi connectivity index (χ0) is 15.4. The summed E-state index contributed by atoms with van der Waals surface area (Å²) in [6, 6.07) is 7.25. The summed E-state index contributed by atoms with van der Waals surface area (Å²) in [5.41, 5.74) is 1.49. The highest BCUT2D eigenvalue weighted by atomic mass is 32.1. The van der Waals surface area contributed by atoms with Gasteiger partial charge in [-0.2, -0.15) is 0 Å². The van der Waals surface area contributed by atoms with Crippen molar-refractivity contribution in [2.75, 3.05) is 19.0 Å². The van der Waals surface area contributed by atoms with Gasteiger partial charge in [0.1, 0.15) is 5.01 Å². The highest BCUT2D eigenvalue weighted by Gasteiger charge is 2.11. The number of carbonyl (C=O) groups excluding carboxylic acids is 1. The van der Waals surface area contributed by atoms with E-state index in [0.29, 0.717) is 10.6 Å². The van der Waals surface area contributed by atoms with E-state index in [1.807, 2.05) is 31.1 Å². The number of benzene rings is 1. The van der Waals surface area contributed by atoms with Crippen molar-refractivity contribution in [1.82, 2.24) is 10.3 Å². The van der Waals surface area contributed by atoms with Gasteiger partial charge in [-0.05, 0) is 18.2 Å². The van der Waals surface area contributed by atoms with Gasteiger partial charge in [0, 0.05) is 30.7 Å². The van der Waals surface area contributed by atoms with Crippen LogP contribution in [0.1, 0.15) is 25.9 Å². The van der Waals surface area contributed by atoms with Crippen molar-refractivity contribution in [3.05, 3.63) is 45.9 Å². The second kappa shape index (κ2) is 6.36. The highest BCUT2D eigenvalue weighted by molar-refractivity contribution is 7.09. The Hall–Kier alpha value is -2.41. The Morgan fingerprint density at radius 3 is 2.76 bits per heavy atom. The van der Waals surface area contributed by atoms with E-state index in [0.717, 1.165) is 5.69 Å². The Balaban J connectivity index is 2.01. The molecule has 0 aliphatic heterocycles. The summed E-state index contributed by atoms with van der Waals surface area (Å²) in [5, 5.41) is 13.5. The van der Waals surface area contributed by atoms with Crippen LogP contribution in [0.3, 0.4) is 0 Å². The fourth-order valence-corrected chi connectivity index (χ4v) is 2.38. The van der Waals surface area contributed by atoms with E-state index in [2.05, 4.69) is 10.3 Å². The van der Waals surface area contributed by atoms with Crippen LogP contribution >= 0.6 is 11.3 Å². The van der Waals surface area contributed by atoms with Crippen molar-refractivity contribution >= 4 is 28.9 Å². The normalized spacial score (nSPS) is 10.2. The van der Waals surface area contributed by atoms with Gasteiger partial charge < -0.3 is 15.3 Å². The number of hydrogen-bond acceptors (Lipinski definition) is 5. The average Bonchev–Trinajstić information content (AvgIpc) is 2.94. The number of carbonyl (C=O) groups is 2. The van der Waals surface area contributed by atoms with Crippen LogP contribution < -0.4 is 10.2 Å². The van der Waals surface area contributed by atoms with Crippen LogP contribution in [-0.2, 0) is 6.54 Å². The minimum atomic E-state index is -1.07. The van der Waals surface area contributed by atoms with Crippen LogP contribution in [0.2, 0.25) is 0 Å². The Morgan fingerprint density at radius 1 is 1.38 bits per heavy atom. The number of aromatic nitrogens is 1. The maximum atomic E-state index is 12.1. The average molecular weight is 305 g/mol. The number of rotatable bonds is 5. The lowest BCUT2D eigenvalue weighted by molar-refractivity contribution is 0.0691. The minimum absolute atomic E-state index is 0.00106. The topological polar surface area (TPSA) is 82.5 Å². The maximum Gasteiger partial charge on any atom is 0.355 e. The van der Waals surface area contributed by atoms with E-state index in [-0.39, 0.29) is 18.1 Å². The molecular weight excluding hydrogens is 290 g/mol. The van der Waals surface area contributed by atoms with Gasteiger partial charge in [-0.3, -0.25) is 4.79 Å². The summed E-state index contributed by atoms with van der Waals surface area (Å²) < 4.78 is 0. The Kier molecular flexibility index (Phi) is 4.54. The van der Waals surface area contributed by atoms with Crippen molar-refractivity contribution < 1.29 is 14.7 Å². The van der Waals surface area contributed by atoms with Gasteiger partial charge in [-0.15, -0.1) is 11.3 Å². The highest BCUT2D eigenvalue weighted by Crippen LogP contribution is 2.14. The molecule has 0 saturated carbocycles. The molecule has 2 aromatic rings. The smallest absolute Gasteiger partial charge is 0.355 e. The van der Waals surface area contributed by atoms with Crippen LogP contribution in [0.4, 0.5) is 5.69 Å².